The standard InChI is InChI=1S/C13H20N4O3/c1-14-10-4-3-6-16(8-10)12(19)9-17-7-5-11(18)15(2)13(17)20/h5,7,10,14H,3-4,6,8-9H2,1-2H3. The quantitative estimate of drug-likeness (QED) is 0.751. The van der Waals surface area contributed by atoms with E-state index in [1.807, 2.05) is 7.05 Å². The first-order valence-corrected chi connectivity index (χ1v) is 6.74. The molecular formula is C13H20N4O3. The summed E-state index contributed by atoms with van der Waals surface area (Å²) in [4.78, 5) is 37.2. The van der Waals surface area contributed by atoms with Crippen LogP contribution in [0.15, 0.2) is 21.9 Å². The largest absolute Gasteiger partial charge is 0.340 e. The molecule has 1 amide bonds. The average molecular weight is 280 g/mol. The van der Waals surface area contributed by atoms with Crippen molar-refractivity contribution in [1.82, 2.24) is 19.4 Å². The number of amides is 1. The number of rotatable bonds is 3. The van der Waals surface area contributed by atoms with E-state index in [0.717, 1.165) is 24.0 Å². The zero-order valence-corrected chi connectivity index (χ0v) is 11.8. The van der Waals surface area contributed by atoms with Crippen molar-refractivity contribution in [3.05, 3.63) is 33.1 Å². The minimum Gasteiger partial charge on any atom is -0.340 e. The molecule has 1 saturated heterocycles. The van der Waals surface area contributed by atoms with E-state index in [9.17, 15) is 14.4 Å². The van der Waals surface area contributed by atoms with Gasteiger partial charge >= 0.3 is 5.69 Å². The highest BCUT2D eigenvalue weighted by Gasteiger charge is 2.22. The lowest BCUT2D eigenvalue weighted by Gasteiger charge is -2.32. The fourth-order valence-electron chi connectivity index (χ4n) is 2.42. The molecule has 0 bridgehead atoms. The molecule has 7 heteroatoms. The van der Waals surface area contributed by atoms with Crippen molar-refractivity contribution in [2.24, 2.45) is 7.05 Å². The second-order valence-corrected chi connectivity index (χ2v) is 5.09. The number of piperidine rings is 1. The first-order valence-electron chi connectivity index (χ1n) is 6.74. The zero-order chi connectivity index (χ0) is 14.7. The Morgan fingerprint density at radius 1 is 1.45 bits per heavy atom. The summed E-state index contributed by atoms with van der Waals surface area (Å²) in [7, 11) is 3.29. The van der Waals surface area contributed by atoms with E-state index >= 15 is 0 Å². The van der Waals surface area contributed by atoms with Crippen LogP contribution < -0.4 is 16.6 Å². The SMILES string of the molecule is CNC1CCCN(C(=O)Cn2ccc(=O)n(C)c2=O)C1. The topological polar surface area (TPSA) is 76.3 Å². The Labute approximate surface area is 116 Å². The minimum absolute atomic E-state index is 0.0244. The molecule has 1 fully saturated rings. The van der Waals surface area contributed by atoms with Crippen LogP contribution in [0.5, 0.6) is 0 Å². The van der Waals surface area contributed by atoms with Gasteiger partial charge < -0.3 is 10.2 Å². The van der Waals surface area contributed by atoms with E-state index < -0.39 is 5.69 Å². The Morgan fingerprint density at radius 2 is 2.20 bits per heavy atom. The van der Waals surface area contributed by atoms with Gasteiger partial charge in [-0.2, -0.15) is 0 Å². The van der Waals surface area contributed by atoms with Gasteiger partial charge in [-0.15, -0.1) is 0 Å². The van der Waals surface area contributed by atoms with Crippen LogP contribution in [0.4, 0.5) is 0 Å². The molecule has 1 aromatic heterocycles. The molecule has 20 heavy (non-hydrogen) atoms. The second-order valence-electron chi connectivity index (χ2n) is 5.09. The smallest absolute Gasteiger partial charge is 0.331 e. The van der Waals surface area contributed by atoms with Crippen molar-refractivity contribution in [3.8, 4) is 0 Å². The highest BCUT2D eigenvalue weighted by Crippen LogP contribution is 2.10. The fourth-order valence-corrected chi connectivity index (χ4v) is 2.42. The van der Waals surface area contributed by atoms with Gasteiger partial charge in [-0.25, -0.2) is 4.79 Å². The molecule has 0 radical (unpaired) electrons. The Kier molecular flexibility index (Phi) is 4.39. The number of carbonyl (C=O) groups excluding carboxylic acids is 1. The van der Waals surface area contributed by atoms with Crippen LogP contribution in [0.2, 0.25) is 0 Å². The predicted octanol–water partition coefficient (Wildman–Crippen LogP) is -1.24. The first kappa shape index (κ1) is 14.5. The number of carbonyl (C=O) groups is 1. The van der Waals surface area contributed by atoms with Crippen molar-refractivity contribution in [2.45, 2.75) is 25.4 Å². The van der Waals surface area contributed by atoms with E-state index in [0.29, 0.717) is 12.6 Å². The van der Waals surface area contributed by atoms with Crippen LogP contribution in [-0.2, 0) is 18.4 Å². The third kappa shape index (κ3) is 2.98. The van der Waals surface area contributed by atoms with Crippen LogP contribution in [0, 0.1) is 0 Å². The lowest BCUT2D eigenvalue weighted by atomic mass is 10.1. The van der Waals surface area contributed by atoms with Crippen LogP contribution in [0.3, 0.4) is 0 Å². The lowest BCUT2D eigenvalue weighted by Crippen LogP contribution is -2.49. The monoisotopic (exact) mass is 280 g/mol. The summed E-state index contributed by atoms with van der Waals surface area (Å²) < 4.78 is 2.27. The molecule has 1 aliphatic heterocycles. The Bertz CT molecular complexity index is 604. The number of likely N-dealkylation sites (N-methyl/N-ethyl adjacent to an activating group) is 1. The maximum absolute atomic E-state index is 12.2. The number of likely N-dealkylation sites (tertiary alicyclic amines) is 1. The molecule has 110 valence electrons. The van der Waals surface area contributed by atoms with Gasteiger partial charge in [-0.3, -0.25) is 18.7 Å². The summed E-state index contributed by atoms with van der Waals surface area (Å²) in [5.41, 5.74) is -0.833. The van der Waals surface area contributed by atoms with Crippen LogP contribution in [0.25, 0.3) is 0 Å². The summed E-state index contributed by atoms with van der Waals surface area (Å²) in [5.74, 6) is -0.0919. The Hall–Kier alpha value is -1.89. The van der Waals surface area contributed by atoms with Gasteiger partial charge in [0.2, 0.25) is 5.91 Å². The zero-order valence-electron chi connectivity index (χ0n) is 11.8. The first-order chi connectivity index (χ1) is 9.52. The highest BCUT2D eigenvalue weighted by molar-refractivity contribution is 5.76. The molecule has 1 unspecified atom stereocenters. The van der Waals surface area contributed by atoms with Crippen molar-refractivity contribution < 1.29 is 4.79 Å². The maximum Gasteiger partial charge on any atom is 0.331 e. The molecule has 1 aromatic rings. The molecule has 2 rings (SSSR count). The molecule has 7 nitrogen and oxygen atoms in total. The summed E-state index contributed by atoms with van der Waals surface area (Å²) >= 11 is 0. The minimum atomic E-state index is -0.465. The normalized spacial score (nSPS) is 19.1. The third-order valence-electron chi connectivity index (χ3n) is 3.75. The van der Waals surface area contributed by atoms with Crippen molar-refractivity contribution in [1.29, 1.82) is 0 Å². The number of aromatic nitrogens is 2. The summed E-state index contributed by atoms with van der Waals surface area (Å²) in [6.07, 6.45) is 3.39. The number of nitrogens with zero attached hydrogens (tertiary/aromatic N) is 3. The molecule has 1 N–H and O–H groups in total. The molecule has 2 heterocycles. The molecular weight excluding hydrogens is 260 g/mol. The van der Waals surface area contributed by atoms with Crippen molar-refractivity contribution >= 4 is 5.91 Å². The Morgan fingerprint density at radius 3 is 2.90 bits per heavy atom. The van der Waals surface area contributed by atoms with E-state index in [-0.39, 0.29) is 18.0 Å². The van der Waals surface area contributed by atoms with Crippen LogP contribution in [-0.4, -0.2) is 46.1 Å². The second kappa shape index (κ2) is 6.04. The highest BCUT2D eigenvalue weighted by atomic mass is 16.2. The van der Waals surface area contributed by atoms with Crippen LogP contribution >= 0.6 is 0 Å². The predicted molar refractivity (Wildman–Crippen MR) is 74.6 cm³/mol. The van der Waals surface area contributed by atoms with Gasteiger partial charge in [-0.05, 0) is 19.9 Å². The number of nitrogens with one attached hydrogen (secondary N) is 1. The van der Waals surface area contributed by atoms with Gasteiger partial charge in [0.05, 0.1) is 0 Å². The summed E-state index contributed by atoms with van der Waals surface area (Å²) in [6, 6.07) is 1.60. The fraction of sp³-hybridized carbons (Fsp3) is 0.615. The molecule has 1 atom stereocenters. The molecule has 0 aliphatic carbocycles. The van der Waals surface area contributed by atoms with Crippen LogP contribution in [0.1, 0.15) is 12.8 Å². The maximum atomic E-state index is 12.2. The molecule has 0 saturated carbocycles. The van der Waals surface area contributed by atoms with E-state index in [1.54, 1.807) is 4.90 Å². The van der Waals surface area contributed by atoms with E-state index in [2.05, 4.69) is 5.32 Å². The molecule has 1 aliphatic rings. The Balaban J connectivity index is 2.10. The number of hydrogen-bond acceptors (Lipinski definition) is 4. The van der Waals surface area contributed by atoms with E-state index in [1.165, 1.54) is 23.9 Å². The average Bonchev–Trinajstić information content (AvgIpc) is 2.48. The van der Waals surface area contributed by atoms with Gasteiger partial charge in [0.15, 0.2) is 0 Å². The molecule has 0 spiro atoms. The van der Waals surface area contributed by atoms with Gasteiger partial charge in [-0.1, -0.05) is 0 Å². The molecule has 0 aromatic carbocycles. The van der Waals surface area contributed by atoms with Crippen molar-refractivity contribution in [2.75, 3.05) is 20.1 Å². The third-order valence-corrected chi connectivity index (χ3v) is 3.75. The van der Waals surface area contributed by atoms with Gasteiger partial charge in [0.25, 0.3) is 5.56 Å². The van der Waals surface area contributed by atoms with Crippen molar-refractivity contribution in [3.63, 3.8) is 0 Å². The summed E-state index contributed by atoms with van der Waals surface area (Å²) in [6.45, 7) is 1.36. The van der Waals surface area contributed by atoms with Gasteiger partial charge in [0.1, 0.15) is 6.54 Å². The summed E-state index contributed by atoms with van der Waals surface area (Å²) in [5, 5.41) is 3.17. The number of hydrogen-bond donors (Lipinski definition) is 1. The van der Waals surface area contributed by atoms with E-state index in [4.69, 9.17) is 0 Å². The lowest BCUT2D eigenvalue weighted by molar-refractivity contribution is -0.133. The van der Waals surface area contributed by atoms with Gasteiger partial charge in [0, 0.05) is 38.4 Å².